The third-order valence-corrected chi connectivity index (χ3v) is 4.53. The second-order valence-corrected chi connectivity index (χ2v) is 6.29. The first-order valence-electron chi connectivity index (χ1n) is 8.16. The van der Waals surface area contributed by atoms with Crippen molar-refractivity contribution < 1.29 is 32.6 Å². The number of benzene rings is 1. The van der Waals surface area contributed by atoms with E-state index in [-0.39, 0.29) is 11.3 Å². The van der Waals surface area contributed by atoms with Crippen LogP contribution in [0.5, 0.6) is 0 Å². The summed E-state index contributed by atoms with van der Waals surface area (Å²) in [6.45, 7) is 3.60. The minimum Gasteiger partial charge on any atom is -0.475 e. The lowest BCUT2D eigenvalue weighted by molar-refractivity contribution is -0.192. The molecule has 3 rings (SSSR count). The van der Waals surface area contributed by atoms with Crippen LogP contribution in [0, 0.1) is 11.3 Å². The van der Waals surface area contributed by atoms with E-state index in [1.54, 1.807) is 0 Å². The van der Waals surface area contributed by atoms with Crippen molar-refractivity contribution in [1.82, 2.24) is 10.6 Å². The van der Waals surface area contributed by atoms with Crippen LogP contribution in [0.1, 0.15) is 5.56 Å². The molecule has 0 unspecified atom stereocenters. The lowest BCUT2D eigenvalue weighted by Gasteiger charge is -2.24. The van der Waals surface area contributed by atoms with Crippen LogP contribution in [0.25, 0.3) is 0 Å². The van der Waals surface area contributed by atoms with Gasteiger partial charge in [-0.15, -0.1) is 0 Å². The first-order valence-corrected chi connectivity index (χ1v) is 8.16. The average molecular weight is 374 g/mol. The van der Waals surface area contributed by atoms with Gasteiger partial charge in [-0.2, -0.15) is 13.2 Å². The number of hydrogen-bond acceptors (Lipinski definition) is 4. The predicted molar refractivity (Wildman–Crippen MR) is 86.5 cm³/mol. The Kier molecular flexibility index (Phi) is 6.60. The number of aliphatic carboxylic acids is 1. The number of carboxylic acid groups (broad SMARTS) is 1. The van der Waals surface area contributed by atoms with E-state index in [0.29, 0.717) is 25.7 Å². The highest BCUT2D eigenvalue weighted by molar-refractivity contribution is 5.84. The number of fused-ring (bicyclic) bond motifs is 1. The maximum atomic E-state index is 12.4. The lowest BCUT2D eigenvalue weighted by Crippen LogP contribution is -2.46. The molecule has 1 aromatic carbocycles. The summed E-state index contributed by atoms with van der Waals surface area (Å²) in [6, 6.07) is 10.2. The van der Waals surface area contributed by atoms with Gasteiger partial charge in [0.25, 0.3) is 0 Å². The molecular weight excluding hydrogens is 353 g/mol. The van der Waals surface area contributed by atoms with Crippen LogP contribution in [-0.4, -0.2) is 56.0 Å². The van der Waals surface area contributed by atoms with Crippen LogP contribution in [0.4, 0.5) is 13.2 Å². The fraction of sp³-hybridized carbons (Fsp3) is 0.529. The maximum Gasteiger partial charge on any atom is 0.490 e. The molecule has 9 heteroatoms. The standard InChI is InChI=1S/C15H20N2O2.C2HF3O2/c18-14(15-10-16-8-13(15)9-19-11-15)17-7-6-12-4-2-1-3-5-12;3-2(4,5)1(6)7/h1-5,13,16H,6-11H2,(H,17,18);(H,6,7)/t13-,15-;/m1./s1. The normalized spacial score (nSPS) is 24.3. The quantitative estimate of drug-likeness (QED) is 0.738. The van der Waals surface area contributed by atoms with Gasteiger partial charge in [-0.05, 0) is 12.0 Å². The van der Waals surface area contributed by atoms with Crippen molar-refractivity contribution in [2.75, 3.05) is 32.8 Å². The Morgan fingerprint density at radius 2 is 1.96 bits per heavy atom. The van der Waals surface area contributed by atoms with Crippen LogP contribution in [0.3, 0.4) is 0 Å². The van der Waals surface area contributed by atoms with Crippen LogP contribution >= 0.6 is 0 Å². The molecule has 6 nitrogen and oxygen atoms in total. The highest BCUT2D eigenvalue weighted by Crippen LogP contribution is 2.37. The SMILES string of the molecule is O=C(NCCc1ccccc1)[C@@]12CNC[C@@H]1COC2.O=C(O)C(F)(F)F. The second-order valence-electron chi connectivity index (χ2n) is 6.29. The van der Waals surface area contributed by atoms with E-state index >= 15 is 0 Å². The number of rotatable bonds is 4. The van der Waals surface area contributed by atoms with Crippen molar-refractivity contribution in [1.29, 1.82) is 0 Å². The highest BCUT2D eigenvalue weighted by Gasteiger charge is 2.52. The summed E-state index contributed by atoms with van der Waals surface area (Å²) >= 11 is 0. The zero-order chi connectivity index (χ0) is 19.2. The molecule has 0 saturated carbocycles. The average Bonchev–Trinajstić information content (AvgIpc) is 3.16. The Morgan fingerprint density at radius 3 is 2.58 bits per heavy atom. The highest BCUT2D eigenvalue weighted by atomic mass is 19.4. The Bertz CT molecular complexity index is 612. The van der Waals surface area contributed by atoms with Gasteiger partial charge in [0.2, 0.25) is 5.91 Å². The van der Waals surface area contributed by atoms with Crippen molar-refractivity contribution in [3.05, 3.63) is 35.9 Å². The molecular formula is C17H21F3N2O4. The lowest BCUT2D eigenvalue weighted by atomic mass is 9.80. The molecule has 0 radical (unpaired) electrons. The summed E-state index contributed by atoms with van der Waals surface area (Å²) in [5.41, 5.74) is 0.931. The van der Waals surface area contributed by atoms with E-state index in [0.717, 1.165) is 19.5 Å². The number of amides is 1. The van der Waals surface area contributed by atoms with E-state index in [1.807, 2.05) is 18.2 Å². The topological polar surface area (TPSA) is 87.7 Å². The molecule has 144 valence electrons. The first kappa shape index (κ1) is 20.2. The third kappa shape index (κ3) is 4.95. The summed E-state index contributed by atoms with van der Waals surface area (Å²) < 4.78 is 37.2. The van der Waals surface area contributed by atoms with Gasteiger partial charge in [-0.25, -0.2) is 4.79 Å². The zero-order valence-electron chi connectivity index (χ0n) is 14.0. The molecule has 2 saturated heterocycles. The number of alkyl halides is 3. The van der Waals surface area contributed by atoms with E-state index in [1.165, 1.54) is 5.56 Å². The van der Waals surface area contributed by atoms with E-state index < -0.39 is 12.1 Å². The van der Waals surface area contributed by atoms with Gasteiger partial charge in [0.1, 0.15) is 0 Å². The Balaban J connectivity index is 0.000000298. The number of carbonyl (C=O) groups is 2. The monoisotopic (exact) mass is 374 g/mol. The number of nitrogens with one attached hydrogen (secondary N) is 2. The molecule has 2 heterocycles. The molecule has 3 N–H and O–H groups in total. The van der Waals surface area contributed by atoms with E-state index in [2.05, 4.69) is 22.8 Å². The predicted octanol–water partition coefficient (Wildman–Crippen LogP) is 1.21. The van der Waals surface area contributed by atoms with Crippen LogP contribution < -0.4 is 10.6 Å². The summed E-state index contributed by atoms with van der Waals surface area (Å²) in [4.78, 5) is 21.3. The summed E-state index contributed by atoms with van der Waals surface area (Å²) in [7, 11) is 0. The fourth-order valence-electron chi connectivity index (χ4n) is 3.05. The van der Waals surface area contributed by atoms with Crippen molar-refractivity contribution in [2.45, 2.75) is 12.6 Å². The maximum absolute atomic E-state index is 12.4. The molecule has 0 aliphatic carbocycles. The van der Waals surface area contributed by atoms with Crippen LogP contribution in [-0.2, 0) is 20.7 Å². The van der Waals surface area contributed by atoms with E-state index in [4.69, 9.17) is 14.6 Å². The van der Waals surface area contributed by atoms with Gasteiger partial charge in [-0.1, -0.05) is 30.3 Å². The van der Waals surface area contributed by atoms with Gasteiger partial charge in [-0.3, -0.25) is 4.79 Å². The van der Waals surface area contributed by atoms with Crippen molar-refractivity contribution in [3.8, 4) is 0 Å². The van der Waals surface area contributed by atoms with Gasteiger partial charge >= 0.3 is 12.1 Å². The third-order valence-electron chi connectivity index (χ3n) is 4.53. The molecule has 2 aliphatic rings. The zero-order valence-corrected chi connectivity index (χ0v) is 14.0. The number of ether oxygens (including phenoxy) is 1. The molecule has 0 spiro atoms. The first-order chi connectivity index (χ1) is 12.3. The molecule has 2 aliphatic heterocycles. The number of halogens is 3. The Labute approximate surface area is 148 Å². The smallest absolute Gasteiger partial charge is 0.475 e. The molecule has 26 heavy (non-hydrogen) atoms. The van der Waals surface area contributed by atoms with Gasteiger partial charge in [0.05, 0.1) is 18.6 Å². The molecule has 0 aromatic heterocycles. The minimum absolute atomic E-state index is 0.149. The fourth-order valence-corrected chi connectivity index (χ4v) is 3.05. The van der Waals surface area contributed by atoms with Crippen molar-refractivity contribution in [3.63, 3.8) is 0 Å². The van der Waals surface area contributed by atoms with Crippen LogP contribution in [0.15, 0.2) is 30.3 Å². The van der Waals surface area contributed by atoms with Gasteiger partial charge < -0.3 is 20.5 Å². The molecule has 2 fully saturated rings. The molecule has 1 aromatic rings. The van der Waals surface area contributed by atoms with Gasteiger partial charge in [0, 0.05) is 25.6 Å². The van der Waals surface area contributed by atoms with Gasteiger partial charge in [0.15, 0.2) is 0 Å². The minimum atomic E-state index is -5.08. The second kappa shape index (κ2) is 8.50. The largest absolute Gasteiger partial charge is 0.490 e. The Morgan fingerprint density at radius 1 is 1.31 bits per heavy atom. The number of hydrogen-bond donors (Lipinski definition) is 3. The number of carbonyl (C=O) groups excluding carboxylic acids is 1. The molecule has 1 amide bonds. The summed E-state index contributed by atoms with van der Waals surface area (Å²) in [5.74, 6) is -2.27. The molecule has 0 bridgehead atoms. The number of carboxylic acids is 1. The summed E-state index contributed by atoms with van der Waals surface area (Å²) in [5, 5.41) is 13.5. The van der Waals surface area contributed by atoms with Crippen molar-refractivity contribution >= 4 is 11.9 Å². The summed E-state index contributed by atoms with van der Waals surface area (Å²) in [6.07, 6.45) is -4.21. The Hall–Kier alpha value is -2.13. The van der Waals surface area contributed by atoms with Crippen molar-refractivity contribution in [2.24, 2.45) is 11.3 Å². The molecule has 2 atom stereocenters. The van der Waals surface area contributed by atoms with E-state index in [9.17, 15) is 18.0 Å². The van der Waals surface area contributed by atoms with Crippen LogP contribution in [0.2, 0.25) is 0 Å².